The zero-order valence-electron chi connectivity index (χ0n) is 12.7. The molecule has 0 aliphatic heterocycles. The van der Waals surface area contributed by atoms with E-state index in [2.05, 4.69) is 17.1 Å². The molecule has 21 heavy (non-hydrogen) atoms. The molecule has 1 unspecified atom stereocenters. The summed E-state index contributed by atoms with van der Waals surface area (Å²) >= 11 is 0. The molecule has 7 nitrogen and oxygen atoms in total. The minimum absolute atomic E-state index is 0.225. The van der Waals surface area contributed by atoms with Crippen molar-refractivity contribution in [2.45, 2.75) is 51.3 Å². The van der Waals surface area contributed by atoms with Gasteiger partial charge in [0.15, 0.2) is 5.69 Å². The van der Waals surface area contributed by atoms with E-state index in [9.17, 15) is 13.2 Å². The van der Waals surface area contributed by atoms with E-state index in [4.69, 9.17) is 9.88 Å². The fourth-order valence-electron chi connectivity index (χ4n) is 2.07. The third-order valence-electron chi connectivity index (χ3n) is 3.36. The fraction of sp³-hybridized carbons (Fsp3) is 0.692. The Kier molecular flexibility index (Phi) is 6.35. The van der Waals surface area contributed by atoms with E-state index in [1.165, 1.54) is 6.92 Å². The standard InChI is InChI=1S/C13H23N3O4S/c1-4-6-7-10(5-2)8-20-13(17)11-12(21(14,18)19)9(3)15-16-11/h10H,4-8H2,1-3H3,(H,15,16)(H2,14,18,19). The molecule has 120 valence electrons. The van der Waals surface area contributed by atoms with Crippen molar-refractivity contribution in [3.8, 4) is 0 Å². The van der Waals surface area contributed by atoms with Gasteiger partial charge in [0.25, 0.3) is 0 Å². The minimum Gasteiger partial charge on any atom is -0.461 e. The van der Waals surface area contributed by atoms with E-state index >= 15 is 0 Å². The van der Waals surface area contributed by atoms with Crippen molar-refractivity contribution in [3.05, 3.63) is 11.4 Å². The van der Waals surface area contributed by atoms with Gasteiger partial charge in [-0.15, -0.1) is 0 Å². The summed E-state index contributed by atoms with van der Waals surface area (Å²) in [4.78, 5) is 11.7. The van der Waals surface area contributed by atoms with Crippen LogP contribution in [0.4, 0.5) is 0 Å². The number of nitrogens with one attached hydrogen (secondary N) is 1. The number of nitrogens with zero attached hydrogens (tertiary/aromatic N) is 1. The monoisotopic (exact) mass is 317 g/mol. The first-order valence-corrected chi connectivity index (χ1v) is 8.60. The molecule has 0 saturated heterocycles. The molecule has 0 bridgehead atoms. The Bertz CT molecular complexity index is 580. The maximum absolute atomic E-state index is 12.0. The van der Waals surface area contributed by atoms with Gasteiger partial charge < -0.3 is 4.74 Å². The van der Waals surface area contributed by atoms with Gasteiger partial charge in [0, 0.05) is 0 Å². The summed E-state index contributed by atoms with van der Waals surface area (Å²) in [6.07, 6.45) is 4.02. The number of carbonyl (C=O) groups excluding carboxylic acids is 1. The molecule has 1 atom stereocenters. The predicted molar refractivity (Wildman–Crippen MR) is 78.3 cm³/mol. The van der Waals surface area contributed by atoms with E-state index in [1.54, 1.807) is 0 Å². The van der Waals surface area contributed by atoms with Crippen molar-refractivity contribution in [1.82, 2.24) is 10.2 Å². The Morgan fingerprint density at radius 2 is 2.10 bits per heavy atom. The van der Waals surface area contributed by atoms with E-state index < -0.39 is 16.0 Å². The van der Waals surface area contributed by atoms with Gasteiger partial charge >= 0.3 is 5.97 Å². The number of aromatic amines is 1. The van der Waals surface area contributed by atoms with Crippen LogP contribution in [0, 0.1) is 12.8 Å². The third-order valence-corrected chi connectivity index (χ3v) is 4.43. The SMILES string of the molecule is CCCCC(CC)COC(=O)c1n[nH]c(C)c1S(N)(=O)=O. The van der Waals surface area contributed by atoms with Crippen LogP contribution in [0.3, 0.4) is 0 Å². The highest BCUT2D eigenvalue weighted by atomic mass is 32.2. The summed E-state index contributed by atoms with van der Waals surface area (Å²) < 4.78 is 28.2. The van der Waals surface area contributed by atoms with E-state index in [-0.39, 0.29) is 28.8 Å². The molecule has 0 aliphatic rings. The van der Waals surface area contributed by atoms with Gasteiger partial charge in [-0.2, -0.15) is 5.10 Å². The number of sulfonamides is 1. The second-order valence-electron chi connectivity index (χ2n) is 5.09. The lowest BCUT2D eigenvalue weighted by Crippen LogP contribution is -2.19. The summed E-state index contributed by atoms with van der Waals surface area (Å²) in [5.41, 5.74) is -0.0529. The Morgan fingerprint density at radius 1 is 1.43 bits per heavy atom. The molecule has 1 rings (SSSR count). The second-order valence-corrected chi connectivity index (χ2v) is 6.58. The number of nitrogens with two attached hydrogens (primary N) is 1. The summed E-state index contributed by atoms with van der Waals surface area (Å²) in [6, 6.07) is 0. The quantitative estimate of drug-likeness (QED) is 0.709. The molecular formula is C13H23N3O4S. The van der Waals surface area contributed by atoms with Crippen molar-refractivity contribution >= 4 is 16.0 Å². The zero-order valence-corrected chi connectivity index (χ0v) is 13.5. The topological polar surface area (TPSA) is 115 Å². The van der Waals surface area contributed by atoms with Crippen molar-refractivity contribution in [3.63, 3.8) is 0 Å². The molecule has 0 spiro atoms. The normalized spacial score (nSPS) is 13.1. The number of hydrogen-bond acceptors (Lipinski definition) is 5. The smallest absolute Gasteiger partial charge is 0.360 e. The number of unbranched alkanes of at least 4 members (excludes halogenated alkanes) is 1. The van der Waals surface area contributed by atoms with Crippen molar-refractivity contribution in [2.24, 2.45) is 11.1 Å². The number of ether oxygens (including phenoxy) is 1. The Hall–Kier alpha value is -1.41. The number of rotatable bonds is 8. The van der Waals surface area contributed by atoms with E-state index in [0.29, 0.717) is 0 Å². The number of aryl methyl sites for hydroxylation is 1. The van der Waals surface area contributed by atoms with Gasteiger partial charge in [-0.3, -0.25) is 5.10 Å². The highest BCUT2D eigenvalue weighted by Gasteiger charge is 2.27. The third kappa shape index (κ3) is 4.82. The lowest BCUT2D eigenvalue weighted by atomic mass is 10.0. The number of hydrogen-bond donors (Lipinski definition) is 2. The van der Waals surface area contributed by atoms with Gasteiger partial charge in [-0.1, -0.05) is 33.1 Å². The van der Waals surface area contributed by atoms with Crippen LogP contribution >= 0.6 is 0 Å². The molecule has 8 heteroatoms. The zero-order chi connectivity index (χ0) is 16.0. The second kappa shape index (κ2) is 7.56. The van der Waals surface area contributed by atoms with Gasteiger partial charge in [0.2, 0.25) is 10.0 Å². The largest absolute Gasteiger partial charge is 0.461 e. The lowest BCUT2D eigenvalue weighted by molar-refractivity contribution is 0.0416. The first-order chi connectivity index (χ1) is 9.81. The van der Waals surface area contributed by atoms with Crippen LogP contribution in [-0.2, 0) is 14.8 Å². The van der Waals surface area contributed by atoms with Crippen LogP contribution in [0.15, 0.2) is 4.90 Å². The van der Waals surface area contributed by atoms with Gasteiger partial charge in [-0.25, -0.2) is 18.4 Å². The maximum atomic E-state index is 12.0. The first-order valence-electron chi connectivity index (χ1n) is 7.06. The van der Waals surface area contributed by atoms with Crippen molar-refractivity contribution in [2.75, 3.05) is 6.61 Å². The summed E-state index contributed by atoms with van der Waals surface area (Å²) in [6.45, 7) is 5.87. The molecule has 0 saturated carbocycles. The lowest BCUT2D eigenvalue weighted by Gasteiger charge is -2.14. The summed E-state index contributed by atoms with van der Waals surface area (Å²) in [5.74, 6) is -0.495. The van der Waals surface area contributed by atoms with Crippen LogP contribution in [0.5, 0.6) is 0 Å². The molecule has 0 amide bonds. The van der Waals surface area contributed by atoms with Crippen LogP contribution in [0.1, 0.15) is 55.7 Å². The molecule has 0 fully saturated rings. The van der Waals surface area contributed by atoms with E-state index in [1.807, 2.05) is 6.92 Å². The number of carbonyl (C=O) groups is 1. The average Bonchev–Trinajstić information content (AvgIpc) is 2.80. The van der Waals surface area contributed by atoms with E-state index in [0.717, 1.165) is 25.7 Å². The van der Waals surface area contributed by atoms with Crippen LogP contribution in [0.2, 0.25) is 0 Å². The van der Waals surface area contributed by atoms with Crippen LogP contribution in [-0.4, -0.2) is 31.2 Å². The van der Waals surface area contributed by atoms with Gasteiger partial charge in [0.1, 0.15) is 4.90 Å². The summed E-state index contributed by atoms with van der Waals surface area (Å²) in [7, 11) is -4.02. The van der Waals surface area contributed by atoms with Crippen LogP contribution in [0.25, 0.3) is 0 Å². The molecule has 1 aromatic rings. The number of H-pyrrole nitrogens is 1. The molecule has 1 heterocycles. The number of primary sulfonamides is 1. The predicted octanol–water partition coefficient (Wildman–Crippen LogP) is 1.74. The van der Waals surface area contributed by atoms with Gasteiger partial charge in [0.05, 0.1) is 12.3 Å². The number of aromatic nitrogens is 2. The molecular weight excluding hydrogens is 294 g/mol. The average molecular weight is 317 g/mol. The molecule has 0 aliphatic carbocycles. The molecule has 0 aromatic carbocycles. The minimum atomic E-state index is -4.02. The highest BCUT2D eigenvalue weighted by Crippen LogP contribution is 2.18. The first kappa shape index (κ1) is 17.6. The fourth-order valence-corrected chi connectivity index (χ4v) is 2.94. The van der Waals surface area contributed by atoms with Gasteiger partial charge in [-0.05, 0) is 19.3 Å². The van der Waals surface area contributed by atoms with Crippen LogP contribution < -0.4 is 5.14 Å². The Labute approximate surface area is 125 Å². The summed E-state index contributed by atoms with van der Waals surface area (Å²) in [5, 5.41) is 11.2. The maximum Gasteiger partial charge on any atom is 0.360 e. The van der Waals surface area contributed by atoms with Crippen molar-refractivity contribution in [1.29, 1.82) is 0 Å². The molecule has 3 N–H and O–H groups in total. The Balaban J connectivity index is 2.77. The Morgan fingerprint density at radius 3 is 2.62 bits per heavy atom. The van der Waals surface area contributed by atoms with Crippen molar-refractivity contribution < 1.29 is 17.9 Å². The highest BCUT2D eigenvalue weighted by molar-refractivity contribution is 7.89. The molecule has 1 aromatic heterocycles. The number of esters is 1. The molecule has 0 radical (unpaired) electrons.